The van der Waals surface area contributed by atoms with Gasteiger partial charge in [0.1, 0.15) is 0 Å². The predicted molar refractivity (Wildman–Crippen MR) is 112 cm³/mol. The summed E-state index contributed by atoms with van der Waals surface area (Å²) in [5.41, 5.74) is 3.16. The number of nitrogens with one attached hydrogen (secondary N) is 1. The molecule has 1 aliphatic heterocycles. The molecule has 0 atom stereocenters. The van der Waals surface area contributed by atoms with Gasteiger partial charge >= 0.3 is 0 Å². The smallest absolute Gasteiger partial charge is 0.261 e. The monoisotopic (exact) mass is 396 g/mol. The Morgan fingerprint density at radius 2 is 1.83 bits per heavy atom. The van der Waals surface area contributed by atoms with E-state index < -0.39 is 0 Å². The predicted octanol–water partition coefficient (Wildman–Crippen LogP) is 1.85. The maximum Gasteiger partial charge on any atom is 0.261 e. The number of rotatable bonds is 6. The zero-order valence-electron chi connectivity index (χ0n) is 17.6. The molecule has 8 nitrogen and oxygen atoms in total. The molecule has 29 heavy (non-hydrogen) atoms. The molecule has 154 valence electrons. The van der Waals surface area contributed by atoms with E-state index in [0.717, 1.165) is 11.3 Å². The number of hydrogen-bond acceptors (Lipinski definition) is 4. The van der Waals surface area contributed by atoms with Gasteiger partial charge in [-0.25, -0.2) is 0 Å². The molecular formula is C21H28N6O2. The van der Waals surface area contributed by atoms with Crippen LogP contribution in [0.1, 0.15) is 51.7 Å². The number of amides is 2. The summed E-state index contributed by atoms with van der Waals surface area (Å²) in [4.78, 5) is 32.5. The van der Waals surface area contributed by atoms with Crippen molar-refractivity contribution in [2.45, 2.75) is 26.3 Å². The van der Waals surface area contributed by atoms with Gasteiger partial charge in [0.15, 0.2) is 5.96 Å². The van der Waals surface area contributed by atoms with E-state index in [1.54, 1.807) is 31.3 Å². The first-order valence-electron chi connectivity index (χ1n) is 9.73. The molecule has 2 heterocycles. The Kier molecular flexibility index (Phi) is 6.00. The van der Waals surface area contributed by atoms with Gasteiger partial charge in [-0.3, -0.25) is 24.2 Å². The molecule has 0 radical (unpaired) electrons. The lowest BCUT2D eigenvalue weighted by molar-refractivity contribution is 0.0657. The van der Waals surface area contributed by atoms with Crippen LogP contribution < -0.4 is 5.32 Å². The van der Waals surface area contributed by atoms with E-state index in [4.69, 9.17) is 0 Å². The van der Waals surface area contributed by atoms with Crippen molar-refractivity contribution in [3.05, 3.63) is 52.8 Å². The summed E-state index contributed by atoms with van der Waals surface area (Å²) in [6, 6.07) is 6.92. The second-order valence-electron chi connectivity index (χ2n) is 7.51. The van der Waals surface area contributed by atoms with Crippen LogP contribution in [0.3, 0.4) is 0 Å². The van der Waals surface area contributed by atoms with E-state index in [2.05, 4.69) is 29.3 Å². The number of benzene rings is 1. The first-order valence-corrected chi connectivity index (χ1v) is 9.73. The third kappa shape index (κ3) is 4.16. The summed E-state index contributed by atoms with van der Waals surface area (Å²) < 4.78 is 1.83. The van der Waals surface area contributed by atoms with E-state index in [0.29, 0.717) is 36.1 Å². The van der Waals surface area contributed by atoms with Gasteiger partial charge in [0, 0.05) is 52.5 Å². The van der Waals surface area contributed by atoms with Crippen LogP contribution in [0.4, 0.5) is 0 Å². The summed E-state index contributed by atoms with van der Waals surface area (Å²) in [6.07, 6.45) is 2.03. The average Bonchev–Trinajstić information content (AvgIpc) is 3.17. The fourth-order valence-corrected chi connectivity index (χ4v) is 3.60. The number of fused-ring (bicyclic) bond motifs is 1. The van der Waals surface area contributed by atoms with E-state index in [1.807, 2.05) is 29.9 Å². The molecule has 2 aromatic rings. The molecule has 8 heteroatoms. The van der Waals surface area contributed by atoms with Gasteiger partial charge in [-0.2, -0.15) is 5.10 Å². The standard InChI is InChI=1S/C21H28N6O2/c1-14(2)18-15(13-26(5)24-18)12-25(4)21(22-3)23-10-11-27-19(28)16-8-6-7-9-17(16)20(27)29/h6-9,13-14H,10-12H2,1-5H3,(H,22,23). The summed E-state index contributed by atoms with van der Waals surface area (Å²) in [5.74, 6) is 0.545. The molecule has 1 aromatic carbocycles. The second kappa shape index (κ2) is 8.46. The molecule has 0 fully saturated rings. The molecular weight excluding hydrogens is 368 g/mol. The van der Waals surface area contributed by atoms with Crippen molar-refractivity contribution in [1.29, 1.82) is 0 Å². The molecule has 0 bridgehead atoms. The van der Waals surface area contributed by atoms with Crippen LogP contribution in [0, 0.1) is 0 Å². The first kappa shape index (κ1) is 20.6. The maximum atomic E-state index is 12.5. The van der Waals surface area contributed by atoms with Crippen molar-refractivity contribution in [1.82, 2.24) is 24.9 Å². The number of guanidine groups is 1. The quantitative estimate of drug-likeness (QED) is 0.458. The molecule has 0 saturated carbocycles. The molecule has 0 saturated heterocycles. The highest BCUT2D eigenvalue weighted by Crippen LogP contribution is 2.22. The molecule has 3 rings (SSSR count). The van der Waals surface area contributed by atoms with E-state index in [9.17, 15) is 9.59 Å². The Morgan fingerprint density at radius 1 is 1.21 bits per heavy atom. The number of carbonyl (C=O) groups is 2. The van der Waals surface area contributed by atoms with Gasteiger partial charge in [0.25, 0.3) is 11.8 Å². The van der Waals surface area contributed by atoms with E-state index in [1.165, 1.54) is 4.90 Å². The highest BCUT2D eigenvalue weighted by molar-refractivity contribution is 6.21. The van der Waals surface area contributed by atoms with Crippen molar-refractivity contribution in [3.63, 3.8) is 0 Å². The van der Waals surface area contributed by atoms with Crippen LogP contribution >= 0.6 is 0 Å². The minimum Gasteiger partial charge on any atom is -0.354 e. The SMILES string of the molecule is CN=C(NCCN1C(=O)c2ccccc2C1=O)N(C)Cc1cn(C)nc1C(C)C. The van der Waals surface area contributed by atoms with Crippen molar-refractivity contribution in [3.8, 4) is 0 Å². The highest BCUT2D eigenvalue weighted by atomic mass is 16.2. The third-order valence-corrected chi connectivity index (χ3v) is 4.96. The van der Waals surface area contributed by atoms with Crippen LogP contribution in [-0.4, -0.2) is 64.5 Å². The van der Waals surface area contributed by atoms with E-state index >= 15 is 0 Å². The van der Waals surface area contributed by atoms with Gasteiger partial charge in [-0.05, 0) is 18.1 Å². The number of hydrogen-bond donors (Lipinski definition) is 1. The Hall–Kier alpha value is -3.16. The van der Waals surface area contributed by atoms with Gasteiger partial charge in [0.2, 0.25) is 0 Å². The number of imide groups is 1. The third-order valence-electron chi connectivity index (χ3n) is 4.96. The molecule has 1 aliphatic rings. The zero-order valence-corrected chi connectivity index (χ0v) is 17.6. The largest absolute Gasteiger partial charge is 0.354 e. The lowest BCUT2D eigenvalue weighted by Crippen LogP contribution is -2.43. The van der Waals surface area contributed by atoms with Gasteiger partial charge in [-0.1, -0.05) is 26.0 Å². The average molecular weight is 396 g/mol. The topological polar surface area (TPSA) is 82.8 Å². The number of nitrogens with zero attached hydrogens (tertiary/aromatic N) is 5. The summed E-state index contributed by atoms with van der Waals surface area (Å²) in [6.45, 7) is 5.62. The summed E-state index contributed by atoms with van der Waals surface area (Å²) >= 11 is 0. The lowest BCUT2D eigenvalue weighted by atomic mass is 10.1. The molecule has 0 unspecified atom stereocenters. The Bertz CT molecular complexity index is 911. The summed E-state index contributed by atoms with van der Waals surface area (Å²) in [7, 11) is 5.59. The van der Waals surface area contributed by atoms with Crippen molar-refractivity contribution in [2.24, 2.45) is 12.0 Å². The van der Waals surface area contributed by atoms with Gasteiger partial charge in [0.05, 0.1) is 16.8 Å². The van der Waals surface area contributed by atoms with Crippen molar-refractivity contribution >= 4 is 17.8 Å². The lowest BCUT2D eigenvalue weighted by Gasteiger charge is -2.23. The zero-order chi connectivity index (χ0) is 21.1. The Morgan fingerprint density at radius 3 is 2.38 bits per heavy atom. The first-order chi connectivity index (χ1) is 13.8. The van der Waals surface area contributed by atoms with Crippen molar-refractivity contribution < 1.29 is 9.59 Å². The highest BCUT2D eigenvalue weighted by Gasteiger charge is 2.34. The minimum absolute atomic E-state index is 0.243. The maximum absolute atomic E-state index is 12.5. The normalized spacial score (nSPS) is 14.0. The van der Waals surface area contributed by atoms with Crippen LogP contribution in [-0.2, 0) is 13.6 Å². The molecule has 0 spiro atoms. The van der Waals surface area contributed by atoms with Crippen LogP contribution in [0.25, 0.3) is 0 Å². The van der Waals surface area contributed by atoms with E-state index in [-0.39, 0.29) is 18.4 Å². The van der Waals surface area contributed by atoms with Crippen LogP contribution in [0.15, 0.2) is 35.5 Å². The molecule has 0 aliphatic carbocycles. The van der Waals surface area contributed by atoms with Crippen LogP contribution in [0.2, 0.25) is 0 Å². The number of carbonyl (C=O) groups excluding carboxylic acids is 2. The Balaban J connectivity index is 1.59. The minimum atomic E-state index is -0.243. The Labute approximate surface area is 171 Å². The molecule has 1 aromatic heterocycles. The number of aliphatic imine (C=N–C) groups is 1. The molecule has 1 N–H and O–H groups in total. The fourth-order valence-electron chi connectivity index (χ4n) is 3.60. The number of aryl methyl sites for hydroxylation is 1. The fraction of sp³-hybridized carbons (Fsp3) is 0.429. The van der Waals surface area contributed by atoms with Crippen LogP contribution in [0.5, 0.6) is 0 Å². The van der Waals surface area contributed by atoms with Gasteiger partial charge in [-0.15, -0.1) is 0 Å². The van der Waals surface area contributed by atoms with Crippen molar-refractivity contribution in [2.75, 3.05) is 27.2 Å². The second-order valence-corrected chi connectivity index (χ2v) is 7.51. The molecule has 2 amide bonds. The summed E-state index contributed by atoms with van der Waals surface area (Å²) in [5, 5.41) is 7.79. The number of aromatic nitrogens is 2. The van der Waals surface area contributed by atoms with Gasteiger partial charge < -0.3 is 10.2 Å².